The zero-order valence-corrected chi connectivity index (χ0v) is 9.93. The van der Waals surface area contributed by atoms with Gasteiger partial charge in [0.25, 0.3) is 0 Å². The highest BCUT2D eigenvalue weighted by Crippen LogP contribution is 2.29. The average Bonchev–Trinajstić information content (AvgIpc) is 2.14. The summed E-state index contributed by atoms with van der Waals surface area (Å²) in [5.74, 6) is 0.900. The Morgan fingerprint density at radius 2 is 2.00 bits per heavy atom. The summed E-state index contributed by atoms with van der Waals surface area (Å²) in [6.07, 6.45) is 4.21. The van der Waals surface area contributed by atoms with Gasteiger partial charge in [0.2, 0.25) is 0 Å². The van der Waals surface area contributed by atoms with Gasteiger partial charge in [0.1, 0.15) is 0 Å². The van der Waals surface area contributed by atoms with Crippen molar-refractivity contribution in [3.8, 4) is 0 Å². The maximum atomic E-state index is 5.84. The Balaban J connectivity index is 1.79. The highest BCUT2D eigenvalue weighted by atomic mass is 35.5. The second kappa shape index (κ2) is 5.00. The van der Waals surface area contributed by atoms with Gasteiger partial charge in [0.05, 0.1) is 0 Å². The van der Waals surface area contributed by atoms with Gasteiger partial charge in [0.15, 0.2) is 0 Å². The number of benzene rings is 1. The van der Waals surface area contributed by atoms with Gasteiger partial charge in [-0.25, -0.2) is 0 Å². The van der Waals surface area contributed by atoms with Crippen LogP contribution < -0.4 is 5.32 Å². The normalized spacial score (nSPS) is 18.5. The van der Waals surface area contributed by atoms with E-state index in [9.17, 15) is 0 Å². The van der Waals surface area contributed by atoms with E-state index in [1.165, 1.54) is 24.8 Å². The first kappa shape index (κ1) is 11.0. The zero-order valence-electron chi connectivity index (χ0n) is 9.17. The number of hydrogen-bond acceptors (Lipinski definition) is 1. The number of rotatable bonds is 4. The minimum atomic E-state index is 0.648. The first-order valence-corrected chi connectivity index (χ1v) is 6.11. The molecule has 1 atom stereocenters. The quantitative estimate of drug-likeness (QED) is 0.822. The third-order valence-electron chi connectivity index (χ3n) is 3.40. The summed E-state index contributed by atoms with van der Waals surface area (Å²) in [5.41, 5.74) is 1.31. The number of halogens is 1. The summed E-state index contributed by atoms with van der Waals surface area (Å²) in [6, 6.07) is 8.72. The second-order valence-corrected chi connectivity index (χ2v) is 4.92. The van der Waals surface area contributed by atoms with Crippen LogP contribution in [0.25, 0.3) is 0 Å². The number of nitrogens with one attached hydrogen (secondary N) is 1. The molecule has 2 rings (SSSR count). The molecule has 1 aromatic carbocycles. The lowest BCUT2D eigenvalue weighted by Gasteiger charge is -2.32. The van der Waals surface area contributed by atoms with E-state index in [2.05, 4.69) is 24.4 Å². The van der Waals surface area contributed by atoms with Gasteiger partial charge in [-0.3, -0.25) is 0 Å². The van der Waals surface area contributed by atoms with Crippen LogP contribution in [-0.4, -0.2) is 6.04 Å². The van der Waals surface area contributed by atoms with Crippen molar-refractivity contribution in [2.75, 3.05) is 0 Å². The molecule has 0 amide bonds. The van der Waals surface area contributed by atoms with Crippen molar-refractivity contribution < 1.29 is 0 Å². The molecule has 0 bridgehead atoms. The molecule has 0 aromatic heterocycles. The van der Waals surface area contributed by atoms with Crippen molar-refractivity contribution in [1.29, 1.82) is 0 Å². The minimum Gasteiger partial charge on any atom is -0.310 e. The van der Waals surface area contributed by atoms with Crippen LogP contribution in [0.4, 0.5) is 0 Å². The Morgan fingerprint density at radius 1 is 1.33 bits per heavy atom. The standard InChI is InChI=1S/C13H18ClN/c1-10(12-3-2-4-12)15-9-11-5-7-13(14)8-6-11/h5-8,10,12,15H,2-4,9H2,1H3/t10-/m0/s1. The molecule has 82 valence electrons. The van der Waals surface area contributed by atoms with Crippen LogP contribution in [-0.2, 0) is 6.54 Å². The van der Waals surface area contributed by atoms with E-state index in [1.807, 2.05) is 12.1 Å². The molecule has 1 saturated carbocycles. The number of hydrogen-bond donors (Lipinski definition) is 1. The van der Waals surface area contributed by atoms with E-state index in [4.69, 9.17) is 11.6 Å². The topological polar surface area (TPSA) is 12.0 Å². The van der Waals surface area contributed by atoms with Gasteiger partial charge in [-0.2, -0.15) is 0 Å². The van der Waals surface area contributed by atoms with Crippen molar-refractivity contribution in [3.05, 3.63) is 34.9 Å². The predicted molar refractivity (Wildman–Crippen MR) is 65.1 cm³/mol. The Bertz CT molecular complexity index is 303. The first-order valence-electron chi connectivity index (χ1n) is 5.73. The molecule has 0 saturated heterocycles. The van der Waals surface area contributed by atoms with Gasteiger partial charge >= 0.3 is 0 Å². The molecule has 1 aromatic rings. The summed E-state index contributed by atoms with van der Waals surface area (Å²) >= 11 is 5.84. The highest BCUT2D eigenvalue weighted by Gasteiger charge is 2.23. The van der Waals surface area contributed by atoms with E-state index < -0.39 is 0 Å². The SMILES string of the molecule is C[C@H](NCc1ccc(Cl)cc1)C1CCC1. The first-order chi connectivity index (χ1) is 7.25. The van der Waals surface area contributed by atoms with Gasteiger partial charge < -0.3 is 5.32 Å². The lowest BCUT2D eigenvalue weighted by atomic mass is 9.80. The van der Waals surface area contributed by atoms with Gasteiger partial charge in [-0.1, -0.05) is 30.2 Å². The molecule has 1 aliphatic carbocycles. The molecule has 2 heteroatoms. The van der Waals surface area contributed by atoms with Crippen LogP contribution >= 0.6 is 11.6 Å². The van der Waals surface area contributed by atoms with Gasteiger partial charge in [-0.15, -0.1) is 0 Å². The van der Waals surface area contributed by atoms with Crippen molar-refractivity contribution in [2.45, 2.75) is 38.8 Å². The maximum Gasteiger partial charge on any atom is 0.0406 e. The lowest BCUT2D eigenvalue weighted by Crippen LogP contribution is -2.36. The van der Waals surface area contributed by atoms with Crippen molar-refractivity contribution >= 4 is 11.6 Å². The molecular weight excluding hydrogens is 206 g/mol. The van der Waals surface area contributed by atoms with Crippen LogP contribution in [0.15, 0.2) is 24.3 Å². The molecule has 0 aliphatic heterocycles. The van der Waals surface area contributed by atoms with E-state index in [1.54, 1.807) is 0 Å². The smallest absolute Gasteiger partial charge is 0.0406 e. The molecular formula is C13H18ClN. The van der Waals surface area contributed by atoms with E-state index in [0.29, 0.717) is 6.04 Å². The van der Waals surface area contributed by atoms with E-state index >= 15 is 0 Å². The van der Waals surface area contributed by atoms with Crippen LogP contribution in [0.5, 0.6) is 0 Å². The van der Waals surface area contributed by atoms with E-state index in [-0.39, 0.29) is 0 Å². The Hall–Kier alpha value is -0.530. The molecule has 1 fully saturated rings. The Kier molecular flexibility index (Phi) is 3.66. The largest absolute Gasteiger partial charge is 0.310 e. The second-order valence-electron chi connectivity index (χ2n) is 4.49. The van der Waals surface area contributed by atoms with Crippen molar-refractivity contribution in [2.24, 2.45) is 5.92 Å². The predicted octanol–water partition coefficient (Wildman–Crippen LogP) is 3.62. The van der Waals surface area contributed by atoms with Crippen LogP contribution in [0.1, 0.15) is 31.7 Å². The fourth-order valence-electron chi connectivity index (χ4n) is 1.99. The van der Waals surface area contributed by atoms with E-state index in [0.717, 1.165) is 17.5 Å². The molecule has 0 radical (unpaired) electrons. The fourth-order valence-corrected chi connectivity index (χ4v) is 2.11. The minimum absolute atomic E-state index is 0.648. The molecule has 1 N–H and O–H groups in total. The fraction of sp³-hybridized carbons (Fsp3) is 0.538. The molecule has 0 spiro atoms. The van der Waals surface area contributed by atoms with Gasteiger partial charge in [0, 0.05) is 17.6 Å². The molecule has 0 unspecified atom stereocenters. The third kappa shape index (κ3) is 2.96. The summed E-state index contributed by atoms with van der Waals surface area (Å²) in [4.78, 5) is 0. The molecule has 1 aliphatic rings. The summed E-state index contributed by atoms with van der Waals surface area (Å²) in [7, 11) is 0. The van der Waals surface area contributed by atoms with Gasteiger partial charge in [-0.05, 0) is 43.4 Å². The molecule has 1 nitrogen and oxygen atoms in total. The zero-order chi connectivity index (χ0) is 10.7. The molecule has 15 heavy (non-hydrogen) atoms. The van der Waals surface area contributed by atoms with Crippen LogP contribution in [0.3, 0.4) is 0 Å². The maximum absolute atomic E-state index is 5.84. The summed E-state index contributed by atoms with van der Waals surface area (Å²) in [6.45, 7) is 3.24. The monoisotopic (exact) mass is 223 g/mol. The highest BCUT2D eigenvalue weighted by molar-refractivity contribution is 6.30. The Morgan fingerprint density at radius 3 is 2.53 bits per heavy atom. The average molecular weight is 224 g/mol. The van der Waals surface area contributed by atoms with Crippen molar-refractivity contribution in [1.82, 2.24) is 5.32 Å². The lowest BCUT2D eigenvalue weighted by molar-refractivity contribution is 0.240. The summed E-state index contributed by atoms with van der Waals surface area (Å²) < 4.78 is 0. The van der Waals surface area contributed by atoms with Crippen LogP contribution in [0.2, 0.25) is 5.02 Å². The Labute approximate surface area is 96.8 Å². The van der Waals surface area contributed by atoms with Crippen molar-refractivity contribution in [3.63, 3.8) is 0 Å². The summed E-state index contributed by atoms with van der Waals surface area (Å²) in [5, 5.41) is 4.39. The third-order valence-corrected chi connectivity index (χ3v) is 3.65. The van der Waals surface area contributed by atoms with Crippen LogP contribution in [0, 0.1) is 5.92 Å². The molecule has 0 heterocycles.